The first kappa shape index (κ1) is 21.2. The number of hydrogen-bond donors (Lipinski definition) is 1. The number of aromatic nitrogens is 2. The van der Waals surface area contributed by atoms with E-state index in [0.29, 0.717) is 19.5 Å². The van der Waals surface area contributed by atoms with Crippen molar-refractivity contribution in [1.29, 1.82) is 0 Å². The lowest BCUT2D eigenvalue weighted by molar-refractivity contribution is -0.117. The van der Waals surface area contributed by atoms with Gasteiger partial charge in [0, 0.05) is 24.6 Å². The second-order valence-electron chi connectivity index (χ2n) is 8.59. The molecular weight excluding hydrogens is 414 g/mol. The van der Waals surface area contributed by atoms with Crippen molar-refractivity contribution in [1.82, 2.24) is 9.55 Å². The third-order valence-corrected chi connectivity index (χ3v) is 6.10. The van der Waals surface area contributed by atoms with Gasteiger partial charge >= 0.3 is 0 Å². The molecular formula is C27H27N3O3. The highest BCUT2D eigenvalue weighted by Crippen LogP contribution is 2.33. The van der Waals surface area contributed by atoms with E-state index in [1.54, 1.807) is 0 Å². The van der Waals surface area contributed by atoms with E-state index in [0.717, 1.165) is 33.9 Å². The van der Waals surface area contributed by atoms with Crippen LogP contribution in [0.4, 0.5) is 5.69 Å². The Hall–Kier alpha value is -3.64. The average Bonchev–Trinajstić information content (AvgIpc) is 3.40. The maximum atomic E-state index is 12.8. The first-order chi connectivity index (χ1) is 16.1. The van der Waals surface area contributed by atoms with E-state index in [-0.39, 0.29) is 18.4 Å². The molecule has 5 rings (SSSR count). The molecule has 1 saturated heterocycles. The van der Waals surface area contributed by atoms with Crippen LogP contribution in [0, 0.1) is 6.92 Å². The van der Waals surface area contributed by atoms with Crippen LogP contribution in [0.25, 0.3) is 11.0 Å². The normalized spacial score (nSPS) is 17.0. The fraction of sp³-hybridized carbons (Fsp3) is 0.259. The second-order valence-corrected chi connectivity index (χ2v) is 8.59. The number of imidazole rings is 1. The van der Waals surface area contributed by atoms with Crippen LogP contribution in [0.15, 0.2) is 78.9 Å². The zero-order chi connectivity index (χ0) is 22.8. The highest BCUT2D eigenvalue weighted by molar-refractivity contribution is 5.96. The lowest BCUT2D eigenvalue weighted by Crippen LogP contribution is -2.26. The maximum Gasteiger partial charge on any atom is 0.227 e. The van der Waals surface area contributed by atoms with Gasteiger partial charge in [-0.1, -0.05) is 48.0 Å². The molecule has 6 heteroatoms. The van der Waals surface area contributed by atoms with Crippen molar-refractivity contribution < 1.29 is 14.6 Å². The number of anilines is 1. The number of para-hydroxylation sites is 3. The minimum absolute atomic E-state index is 0.0460. The third-order valence-electron chi connectivity index (χ3n) is 6.10. The standard InChI is InChI=1S/C27H27N3O3/c1-19-11-13-23(14-12-19)33-18-22(31)17-30-25-10-6-5-9-24(25)28-27(30)20-15-26(32)29(16-20)21-7-3-2-4-8-21/h2-14,20,22,31H,15-18H2,1H3/t20-,22-/m0/s1. The molecule has 0 unspecified atom stereocenters. The molecule has 2 atom stereocenters. The molecule has 1 aliphatic rings. The Morgan fingerprint density at radius 1 is 1.03 bits per heavy atom. The van der Waals surface area contributed by atoms with E-state index in [1.165, 1.54) is 0 Å². The highest BCUT2D eigenvalue weighted by atomic mass is 16.5. The van der Waals surface area contributed by atoms with Gasteiger partial charge in [-0.05, 0) is 43.3 Å². The molecule has 1 fully saturated rings. The molecule has 0 bridgehead atoms. The Morgan fingerprint density at radius 3 is 2.55 bits per heavy atom. The van der Waals surface area contributed by atoms with E-state index in [2.05, 4.69) is 0 Å². The Kier molecular flexibility index (Phi) is 5.84. The van der Waals surface area contributed by atoms with Gasteiger partial charge in [0.15, 0.2) is 0 Å². The number of benzene rings is 3. The Balaban J connectivity index is 1.37. The van der Waals surface area contributed by atoms with Gasteiger partial charge in [0.25, 0.3) is 0 Å². The van der Waals surface area contributed by atoms with Crippen LogP contribution in [0.5, 0.6) is 5.75 Å². The molecule has 4 aromatic rings. The predicted octanol–water partition coefficient (Wildman–Crippen LogP) is 4.31. The molecule has 1 amide bonds. The van der Waals surface area contributed by atoms with Gasteiger partial charge < -0.3 is 19.3 Å². The van der Waals surface area contributed by atoms with Crippen molar-refractivity contribution in [2.75, 3.05) is 18.1 Å². The molecule has 6 nitrogen and oxygen atoms in total. The van der Waals surface area contributed by atoms with Crippen molar-refractivity contribution in [3.05, 3.63) is 90.3 Å². The third kappa shape index (κ3) is 4.47. The van der Waals surface area contributed by atoms with Crippen LogP contribution < -0.4 is 9.64 Å². The number of rotatable bonds is 7. The second kappa shape index (κ2) is 9.08. The number of aliphatic hydroxyl groups excluding tert-OH is 1. The summed E-state index contributed by atoms with van der Waals surface area (Å²) in [7, 11) is 0. The molecule has 3 aromatic carbocycles. The molecule has 33 heavy (non-hydrogen) atoms. The van der Waals surface area contributed by atoms with Crippen LogP contribution in [-0.2, 0) is 11.3 Å². The summed E-state index contributed by atoms with van der Waals surface area (Å²) in [4.78, 5) is 19.5. The summed E-state index contributed by atoms with van der Waals surface area (Å²) in [6.45, 7) is 3.12. The van der Waals surface area contributed by atoms with Crippen molar-refractivity contribution in [2.24, 2.45) is 0 Å². The molecule has 1 N–H and O–H groups in total. The zero-order valence-corrected chi connectivity index (χ0v) is 18.6. The number of amides is 1. The van der Waals surface area contributed by atoms with Crippen LogP contribution in [-0.4, -0.2) is 39.8 Å². The summed E-state index contributed by atoms with van der Waals surface area (Å²) >= 11 is 0. The summed E-state index contributed by atoms with van der Waals surface area (Å²) in [6, 6.07) is 25.4. The number of ether oxygens (including phenoxy) is 1. The van der Waals surface area contributed by atoms with Gasteiger partial charge in [0.2, 0.25) is 5.91 Å². The zero-order valence-electron chi connectivity index (χ0n) is 18.6. The van der Waals surface area contributed by atoms with Crippen LogP contribution >= 0.6 is 0 Å². The number of aliphatic hydroxyl groups is 1. The van der Waals surface area contributed by atoms with E-state index >= 15 is 0 Å². The van der Waals surface area contributed by atoms with Gasteiger partial charge in [-0.15, -0.1) is 0 Å². The summed E-state index contributed by atoms with van der Waals surface area (Å²) in [5.74, 6) is 1.61. The Labute approximate surface area is 193 Å². The summed E-state index contributed by atoms with van der Waals surface area (Å²) < 4.78 is 7.84. The van der Waals surface area contributed by atoms with Crippen molar-refractivity contribution in [3.63, 3.8) is 0 Å². The molecule has 0 aliphatic carbocycles. The monoisotopic (exact) mass is 441 g/mol. The quantitative estimate of drug-likeness (QED) is 0.464. The predicted molar refractivity (Wildman–Crippen MR) is 129 cm³/mol. The first-order valence-corrected chi connectivity index (χ1v) is 11.3. The topological polar surface area (TPSA) is 67.6 Å². The fourth-order valence-electron chi connectivity index (χ4n) is 4.43. The van der Waals surface area contributed by atoms with Crippen LogP contribution in [0.2, 0.25) is 0 Å². The SMILES string of the molecule is Cc1ccc(OC[C@@H](O)Cn2c([C@H]3CC(=O)N(c4ccccc4)C3)nc3ccccc32)cc1. The number of carbonyl (C=O) groups is 1. The lowest BCUT2D eigenvalue weighted by Gasteiger charge is -2.19. The van der Waals surface area contributed by atoms with Gasteiger partial charge in [-0.25, -0.2) is 4.98 Å². The highest BCUT2D eigenvalue weighted by Gasteiger charge is 2.35. The molecule has 0 radical (unpaired) electrons. The largest absolute Gasteiger partial charge is 0.491 e. The van der Waals surface area contributed by atoms with E-state index in [9.17, 15) is 9.90 Å². The number of nitrogens with zero attached hydrogens (tertiary/aromatic N) is 3. The van der Waals surface area contributed by atoms with Gasteiger partial charge in [0.05, 0.1) is 17.6 Å². The van der Waals surface area contributed by atoms with Crippen molar-refractivity contribution in [2.45, 2.75) is 31.9 Å². The number of aryl methyl sites for hydroxylation is 1. The molecule has 1 aromatic heterocycles. The van der Waals surface area contributed by atoms with E-state index in [4.69, 9.17) is 9.72 Å². The maximum absolute atomic E-state index is 12.8. The first-order valence-electron chi connectivity index (χ1n) is 11.3. The van der Waals surface area contributed by atoms with Crippen LogP contribution in [0.3, 0.4) is 0 Å². The van der Waals surface area contributed by atoms with Crippen molar-refractivity contribution >= 4 is 22.6 Å². The van der Waals surface area contributed by atoms with Gasteiger partial charge in [-0.3, -0.25) is 4.79 Å². The van der Waals surface area contributed by atoms with Gasteiger partial charge in [-0.2, -0.15) is 0 Å². The number of fused-ring (bicyclic) bond motifs is 1. The lowest BCUT2D eigenvalue weighted by atomic mass is 10.1. The van der Waals surface area contributed by atoms with Crippen molar-refractivity contribution in [3.8, 4) is 5.75 Å². The van der Waals surface area contributed by atoms with E-state index < -0.39 is 6.10 Å². The molecule has 0 saturated carbocycles. The average molecular weight is 442 g/mol. The minimum atomic E-state index is -0.718. The van der Waals surface area contributed by atoms with Gasteiger partial charge in [0.1, 0.15) is 24.3 Å². The molecule has 2 heterocycles. The molecule has 168 valence electrons. The summed E-state index contributed by atoms with van der Waals surface area (Å²) in [5, 5.41) is 10.8. The minimum Gasteiger partial charge on any atom is -0.491 e. The smallest absolute Gasteiger partial charge is 0.227 e. The Morgan fingerprint density at radius 2 is 1.76 bits per heavy atom. The molecule has 1 aliphatic heterocycles. The number of carbonyl (C=O) groups excluding carboxylic acids is 1. The molecule has 0 spiro atoms. The summed E-state index contributed by atoms with van der Waals surface area (Å²) in [5.41, 5.74) is 3.88. The summed E-state index contributed by atoms with van der Waals surface area (Å²) in [6.07, 6.45) is -0.321. The van der Waals surface area contributed by atoms with Crippen LogP contribution in [0.1, 0.15) is 23.7 Å². The fourth-order valence-corrected chi connectivity index (χ4v) is 4.43. The number of hydrogen-bond acceptors (Lipinski definition) is 4. The van der Waals surface area contributed by atoms with E-state index in [1.807, 2.05) is 95.3 Å². The Bertz CT molecular complexity index is 1250.